The van der Waals surface area contributed by atoms with Crippen LogP contribution in [0, 0.1) is 5.92 Å². The number of benzene rings is 1. The largest absolute Gasteiger partial charge is 0.350 e. The van der Waals surface area contributed by atoms with Crippen molar-refractivity contribution in [1.29, 1.82) is 0 Å². The lowest BCUT2D eigenvalue weighted by atomic mass is 9.97. The van der Waals surface area contributed by atoms with Crippen LogP contribution in [-0.4, -0.2) is 51.7 Å². The fourth-order valence-electron chi connectivity index (χ4n) is 4.89. The Balaban J connectivity index is 1.56. The number of aryl methyl sites for hydroxylation is 1. The molecule has 2 aromatic rings. The molecule has 0 saturated carbocycles. The van der Waals surface area contributed by atoms with E-state index in [0.29, 0.717) is 25.7 Å². The first kappa shape index (κ1) is 25.3. The predicted molar refractivity (Wildman–Crippen MR) is 133 cm³/mol. The summed E-state index contributed by atoms with van der Waals surface area (Å²) in [7, 11) is 0. The van der Waals surface area contributed by atoms with Gasteiger partial charge in [-0.2, -0.15) is 0 Å². The normalized spacial score (nSPS) is 20.1. The van der Waals surface area contributed by atoms with Crippen LogP contribution in [0.25, 0.3) is 0 Å². The molecule has 1 aromatic heterocycles. The van der Waals surface area contributed by atoms with E-state index in [1.165, 1.54) is 13.3 Å². The lowest BCUT2D eigenvalue weighted by molar-refractivity contribution is -0.132. The lowest BCUT2D eigenvalue weighted by Gasteiger charge is -2.29. The monoisotopic (exact) mass is 492 g/mol. The van der Waals surface area contributed by atoms with Crippen molar-refractivity contribution in [3.8, 4) is 0 Å². The third kappa shape index (κ3) is 5.22. The maximum absolute atomic E-state index is 13.8. The Hall–Kier alpha value is -3.82. The van der Waals surface area contributed by atoms with Gasteiger partial charge in [-0.15, -0.1) is 0 Å². The second-order valence-electron chi connectivity index (χ2n) is 9.48. The second kappa shape index (κ2) is 10.8. The molecule has 0 aliphatic carbocycles. The van der Waals surface area contributed by atoms with Gasteiger partial charge in [-0.05, 0) is 29.9 Å². The fourth-order valence-corrected chi connectivity index (χ4v) is 4.89. The number of para-hydroxylation sites is 1. The van der Waals surface area contributed by atoms with Gasteiger partial charge in [0, 0.05) is 37.8 Å². The Morgan fingerprint density at radius 1 is 1.17 bits per heavy atom. The summed E-state index contributed by atoms with van der Waals surface area (Å²) in [6.07, 6.45) is 6.74. The maximum atomic E-state index is 13.8. The quantitative estimate of drug-likeness (QED) is 0.504. The van der Waals surface area contributed by atoms with E-state index in [2.05, 4.69) is 25.9 Å². The standard InChI is InChI=1S/C26H32N6O4/c1-4-15(2)22(30-16(3)33)25(35)31-20-9-8-18-6-5-7-19-10-21(32(23(18)19)26(20)36)24(34)29-13-17-11-27-14-28-12-17/h5-7,11-12,14-15,20-22H,4,8-10,13H2,1-3H3,(H,29,34)(H,30,33)(H,31,35)/t15-,20-,21-,22-/m0/s1. The molecule has 3 N–H and O–H groups in total. The number of amides is 4. The summed E-state index contributed by atoms with van der Waals surface area (Å²) in [6.45, 7) is 5.44. The Kier molecular flexibility index (Phi) is 7.61. The van der Waals surface area contributed by atoms with Gasteiger partial charge >= 0.3 is 0 Å². The first-order chi connectivity index (χ1) is 17.3. The van der Waals surface area contributed by atoms with E-state index >= 15 is 0 Å². The summed E-state index contributed by atoms with van der Waals surface area (Å²) in [5.41, 5.74) is 3.43. The highest BCUT2D eigenvalue weighted by molar-refractivity contribution is 6.08. The molecule has 10 nitrogen and oxygen atoms in total. The lowest BCUT2D eigenvalue weighted by Crippen LogP contribution is -2.58. The minimum atomic E-state index is -0.811. The zero-order chi connectivity index (χ0) is 25.8. The van der Waals surface area contributed by atoms with Crippen molar-refractivity contribution in [2.45, 2.75) is 71.1 Å². The van der Waals surface area contributed by atoms with Crippen LogP contribution in [0.1, 0.15) is 50.3 Å². The zero-order valence-corrected chi connectivity index (χ0v) is 20.8. The molecule has 2 aliphatic heterocycles. The van der Waals surface area contributed by atoms with Crippen LogP contribution >= 0.6 is 0 Å². The van der Waals surface area contributed by atoms with Crippen LogP contribution < -0.4 is 20.9 Å². The van der Waals surface area contributed by atoms with Crippen LogP contribution in [0.2, 0.25) is 0 Å². The van der Waals surface area contributed by atoms with Crippen molar-refractivity contribution >= 4 is 29.3 Å². The van der Waals surface area contributed by atoms with Crippen molar-refractivity contribution in [3.63, 3.8) is 0 Å². The van der Waals surface area contributed by atoms with Crippen LogP contribution in [0.4, 0.5) is 5.69 Å². The molecule has 3 heterocycles. The molecule has 36 heavy (non-hydrogen) atoms. The van der Waals surface area contributed by atoms with Crippen LogP contribution in [0.5, 0.6) is 0 Å². The molecule has 0 spiro atoms. The van der Waals surface area contributed by atoms with Crippen molar-refractivity contribution in [2.75, 3.05) is 4.90 Å². The molecule has 10 heteroatoms. The van der Waals surface area contributed by atoms with E-state index in [-0.39, 0.29) is 30.2 Å². The second-order valence-corrected chi connectivity index (χ2v) is 9.48. The van der Waals surface area contributed by atoms with Crippen molar-refractivity contribution in [3.05, 3.63) is 53.6 Å². The highest BCUT2D eigenvalue weighted by atomic mass is 16.2. The Bertz CT molecular complexity index is 1150. The van der Waals surface area contributed by atoms with E-state index in [9.17, 15) is 19.2 Å². The zero-order valence-electron chi connectivity index (χ0n) is 20.8. The third-order valence-electron chi connectivity index (χ3n) is 6.96. The van der Waals surface area contributed by atoms with E-state index in [0.717, 1.165) is 22.4 Å². The first-order valence-electron chi connectivity index (χ1n) is 12.3. The average molecular weight is 493 g/mol. The van der Waals surface area contributed by atoms with Gasteiger partial charge in [0.05, 0.1) is 5.69 Å². The Morgan fingerprint density at radius 2 is 1.89 bits per heavy atom. The molecular weight excluding hydrogens is 460 g/mol. The number of nitrogens with one attached hydrogen (secondary N) is 3. The fraction of sp³-hybridized carbons (Fsp3) is 0.462. The van der Waals surface area contributed by atoms with Crippen LogP contribution in [0.3, 0.4) is 0 Å². The van der Waals surface area contributed by atoms with Crippen LogP contribution in [-0.2, 0) is 38.6 Å². The summed E-state index contributed by atoms with van der Waals surface area (Å²) in [4.78, 5) is 61.4. The number of rotatable bonds is 8. The van der Waals surface area contributed by atoms with E-state index in [4.69, 9.17) is 0 Å². The number of carbonyl (C=O) groups is 4. The predicted octanol–water partition coefficient (Wildman–Crippen LogP) is 1.03. The molecular formula is C26H32N6O4. The summed E-state index contributed by atoms with van der Waals surface area (Å²) in [5, 5.41) is 8.48. The van der Waals surface area contributed by atoms with Gasteiger partial charge in [0.1, 0.15) is 24.5 Å². The van der Waals surface area contributed by atoms with E-state index < -0.39 is 24.0 Å². The third-order valence-corrected chi connectivity index (χ3v) is 6.96. The van der Waals surface area contributed by atoms with Gasteiger partial charge in [0.2, 0.25) is 23.6 Å². The van der Waals surface area contributed by atoms with Crippen LogP contribution in [0.15, 0.2) is 36.9 Å². The van der Waals surface area contributed by atoms with Gasteiger partial charge in [0.25, 0.3) is 0 Å². The summed E-state index contributed by atoms with van der Waals surface area (Å²) in [5.74, 6) is -1.41. The molecule has 0 saturated heterocycles. The van der Waals surface area contributed by atoms with Crippen molar-refractivity contribution in [1.82, 2.24) is 25.9 Å². The minimum Gasteiger partial charge on any atom is -0.350 e. The highest BCUT2D eigenvalue weighted by Gasteiger charge is 2.44. The number of anilines is 1. The summed E-state index contributed by atoms with van der Waals surface area (Å²) < 4.78 is 0. The molecule has 2 aliphatic rings. The smallest absolute Gasteiger partial charge is 0.250 e. The summed E-state index contributed by atoms with van der Waals surface area (Å²) in [6, 6.07) is 3.56. The maximum Gasteiger partial charge on any atom is 0.250 e. The average Bonchev–Trinajstić information content (AvgIpc) is 3.21. The van der Waals surface area contributed by atoms with Gasteiger partial charge in [-0.3, -0.25) is 24.1 Å². The van der Waals surface area contributed by atoms with E-state index in [1.807, 2.05) is 32.0 Å². The molecule has 190 valence electrons. The Morgan fingerprint density at radius 3 is 2.58 bits per heavy atom. The minimum absolute atomic E-state index is 0.106. The van der Waals surface area contributed by atoms with Gasteiger partial charge in [0.15, 0.2) is 0 Å². The number of hydrogen-bond donors (Lipinski definition) is 3. The molecule has 4 atom stereocenters. The van der Waals surface area contributed by atoms with Gasteiger partial charge in [-0.25, -0.2) is 9.97 Å². The molecule has 0 fully saturated rings. The summed E-state index contributed by atoms with van der Waals surface area (Å²) >= 11 is 0. The Labute approximate surface area is 210 Å². The van der Waals surface area contributed by atoms with Crippen molar-refractivity contribution < 1.29 is 19.2 Å². The highest BCUT2D eigenvalue weighted by Crippen LogP contribution is 2.39. The molecule has 0 bridgehead atoms. The van der Waals surface area contributed by atoms with Gasteiger partial charge < -0.3 is 16.0 Å². The van der Waals surface area contributed by atoms with Crippen molar-refractivity contribution in [2.24, 2.45) is 5.92 Å². The number of nitrogens with zero attached hydrogens (tertiary/aromatic N) is 3. The molecule has 4 amide bonds. The number of carbonyl (C=O) groups excluding carboxylic acids is 4. The topological polar surface area (TPSA) is 133 Å². The van der Waals surface area contributed by atoms with E-state index in [1.54, 1.807) is 17.3 Å². The molecule has 0 unspecified atom stereocenters. The van der Waals surface area contributed by atoms with Gasteiger partial charge in [-0.1, -0.05) is 38.5 Å². The first-order valence-corrected chi connectivity index (χ1v) is 12.3. The molecule has 4 rings (SSSR count). The molecule has 0 radical (unpaired) electrons. The molecule has 1 aromatic carbocycles. The number of hydrogen-bond acceptors (Lipinski definition) is 6. The SMILES string of the molecule is CC[C@H](C)[C@H](NC(C)=O)C(=O)N[C@H]1CCc2cccc3c2N(C1=O)[C@H](C(=O)NCc1cncnc1)C3. The number of aromatic nitrogens is 2.